The molecule has 0 amide bonds. The zero-order chi connectivity index (χ0) is 45.5. The van der Waals surface area contributed by atoms with E-state index in [1.165, 1.54) is 102 Å². The molecule has 0 spiro atoms. The minimum atomic E-state index is -0.182. The third kappa shape index (κ3) is 5.44. The molecule has 0 unspecified atom stereocenters. The molecular formula is C63H42BN3S2. The lowest BCUT2D eigenvalue weighted by molar-refractivity contribution is 0.660. The Labute approximate surface area is 409 Å². The Bertz CT molecular complexity index is 4080. The van der Waals surface area contributed by atoms with E-state index in [1.54, 1.807) is 0 Å². The highest BCUT2D eigenvalue weighted by Gasteiger charge is 2.48. The molecule has 1 aliphatic carbocycles. The molecule has 3 aliphatic rings. The number of hydrogen-bond donors (Lipinski definition) is 0. The van der Waals surface area contributed by atoms with Gasteiger partial charge in [0.15, 0.2) is 0 Å². The average Bonchev–Trinajstić information content (AvgIpc) is 4.05. The molecule has 0 bridgehead atoms. The zero-order valence-electron chi connectivity index (χ0n) is 38.0. The monoisotopic (exact) mass is 915 g/mol. The lowest BCUT2D eigenvalue weighted by Gasteiger charge is -2.46. The van der Waals surface area contributed by atoms with Crippen molar-refractivity contribution < 1.29 is 0 Å². The van der Waals surface area contributed by atoms with Gasteiger partial charge in [0.05, 0.1) is 17.1 Å². The van der Waals surface area contributed by atoms with Crippen molar-refractivity contribution >= 4 is 137 Å². The number of para-hydroxylation sites is 3. The van der Waals surface area contributed by atoms with Crippen LogP contribution in [-0.4, -0.2) is 6.71 Å². The molecule has 2 aliphatic heterocycles. The lowest BCUT2D eigenvalue weighted by Crippen LogP contribution is -2.61. The van der Waals surface area contributed by atoms with Crippen molar-refractivity contribution in [3.05, 3.63) is 230 Å². The fourth-order valence-electron chi connectivity index (χ4n) is 12.3. The minimum absolute atomic E-state index is 0.0624. The lowest BCUT2D eigenvalue weighted by atomic mass is 9.33. The van der Waals surface area contributed by atoms with Gasteiger partial charge in [0.25, 0.3) is 6.71 Å². The highest BCUT2D eigenvalue weighted by Crippen LogP contribution is 2.57. The van der Waals surface area contributed by atoms with Gasteiger partial charge in [-0.15, -0.1) is 22.7 Å². The summed E-state index contributed by atoms with van der Waals surface area (Å²) in [7, 11) is 0. The predicted octanol–water partition coefficient (Wildman–Crippen LogP) is 16.3. The van der Waals surface area contributed by atoms with E-state index in [1.807, 2.05) is 22.7 Å². The van der Waals surface area contributed by atoms with Crippen molar-refractivity contribution in [3.63, 3.8) is 0 Å². The Morgan fingerprint density at radius 1 is 0.435 bits per heavy atom. The van der Waals surface area contributed by atoms with Crippen molar-refractivity contribution in [1.82, 2.24) is 0 Å². The molecule has 0 atom stereocenters. The van der Waals surface area contributed by atoms with Crippen LogP contribution in [0.2, 0.25) is 0 Å². The third-order valence-electron chi connectivity index (χ3n) is 15.2. The summed E-state index contributed by atoms with van der Waals surface area (Å²) in [4.78, 5) is 7.76. The van der Waals surface area contributed by atoms with Crippen LogP contribution in [0.5, 0.6) is 0 Å². The quantitative estimate of drug-likeness (QED) is 0.159. The van der Waals surface area contributed by atoms with Gasteiger partial charge in [-0.05, 0) is 112 Å². The second-order valence-corrected chi connectivity index (χ2v) is 21.3. The molecule has 15 rings (SSSR count). The highest BCUT2D eigenvalue weighted by molar-refractivity contribution is 7.26. The van der Waals surface area contributed by atoms with E-state index in [4.69, 9.17) is 0 Å². The molecule has 324 valence electrons. The average molecular weight is 916 g/mol. The van der Waals surface area contributed by atoms with Gasteiger partial charge in [-0.3, -0.25) is 0 Å². The normalized spacial score (nSPS) is 14.0. The second-order valence-electron chi connectivity index (χ2n) is 19.2. The van der Waals surface area contributed by atoms with E-state index in [9.17, 15) is 0 Å². The summed E-state index contributed by atoms with van der Waals surface area (Å²) in [6, 6.07) is 82.0. The van der Waals surface area contributed by atoms with Gasteiger partial charge in [-0.2, -0.15) is 0 Å². The number of benzene rings is 10. The summed E-state index contributed by atoms with van der Waals surface area (Å²) in [6.45, 7) is 4.75. The van der Waals surface area contributed by atoms with E-state index in [-0.39, 0.29) is 12.1 Å². The maximum Gasteiger partial charge on any atom is 0.252 e. The number of fused-ring (bicyclic) bond motifs is 15. The first-order valence-corrected chi connectivity index (χ1v) is 25.5. The fourth-order valence-corrected chi connectivity index (χ4v) is 14.5. The van der Waals surface area contributed by atoms with Crippen molar-refractivity contribution in [2.24, 2.45) is 0 Å². The van der Waals surface area contributed by atoms with E-state index in [2.05, 4.69) is 247 Å². The first kappa shape index (κ1) is 39.1. The van der Waals surface area contributed by atoms with Gasteiger partial charge in [-0.1, -0.05) is 153 Å². The largest absolute Gasteiger partial charge is 0.311 e. The van der Waals surface area contributed by atoms with Crippen LogP contribution in [0.15, 0.2) is 218 Å². The van der Waals surface area contributed by atoms with Gasteiger partial charge in [0.1, 0.15) is 0 Å². The van der Waals surface area contributed by atoms with Crippen LogP contribution in [0.3, 0.4) is 0 Å². The van der Waals surface area contributed by atoms with Gasteiger partial charge in [-0.25, -0.2) is 0 Å². The van der Waals surface area contributed by atoms with E-state index >= 15 is 0 Å². The molecular weight excluding hydrogens is 874 g/mol. The molecule has 4 heterocycles. The Balaban J connectivity index is 1.14. The molecule has 3 nitrogen and oxygen atoms in total. The van der Waals surface area contributed by atoms with Gasteiger partial charge in [0, 0.05) is 85.4 Å². The molecule has 0 saturated carbocycles. The van der Waals surface area contributed by atoms with Crippen LogP contribution in [0, 0.1) is 0 Å². The third-order valence-corrected chi connectivity index (χ3v) is 17.5. The summed E-state index contributed by atoms with van der Waals surface area (Å²) in [6.07, 6.45) is 0. The predicted molar refractivity (Wildman–Crippen MR) is 298 cm³/mol. The number of rotatable bonds is 5. The Morgan fingerprint density at radius 3 is 1.67 bits per heavy atom. The van der Waals surface area contributed by atoms with Crippen molar-refractivity contribution in [2.45, 2.75) is 19.3 Å². The molecule has 10 aromatic carbocycles. The van der Waals surface area contributed by atoms with E-state index in [0.29, 0.717) is 0 Å². The summed E-state index contributed by atoms with van der Waals surface area (Å²) in [5.41, 5.74) is 19.7. The summed E-state index contributed by atoms with van der Waals surface area (Å²) < 4.78 is 5.16. The van der Waals surface area contributed by atoms with E-state index < -0.39 is 0 Å². The van der Waals surface area contributed by atoms with Crippen LogP contribution in [0.25, 0.3) is 51.5 Å². The maximum absolute atomic E-state index is 2.63. The smallest absolute Gasteiger partial charge is 0.252 e. The summed E-state index contributed by atoms with van der Waals surface area (Å²) in [5.74, 6) is 0. The number of thiophene rings is 2. The number of hydrogen-bond acceptors (Lipinski definition) is 5. The molecule has 0 N–H and O–H groups in total. The first-order valence-electron chi connectivity index (χ1n) is 23.9. The summed E-state index contributed by atoms with van der Waals surface area (Å²) >= 11 is 3.76. The van der Waals surface area contributed by atoms with Crippen molar-refractivity contribution in [1.29, 1.82) is 0 Å². The zero-order valence-corrected chi connectivity index (χ0v) is 39.7. The summed E-state index contributed by atoms with van der Waals surface area (Å²) in [5, 5.41) is 5.15. The van der Waals surface area contributed by atoms with Gasteiger partial charge < -0.3 is 14.7 Å². The molecule has 2 aromatic heterocycles. The van der Waals surface area contributed by atoms with Crippen LogP contribution in [-0.2, 0) is 5.41 Å². The standard InChI is InChI=1S/C63H42BN3S2/c1-63(2)46-28-15-12-25-43(46)57-47(63)33-34-48-61(57)66(40-21-8-4-9-22-40)51-37-42(65(39-19-6-3-7-20-39)50-29-18-32-55-58(50)44-26-13-16-30-53(44)68-55)38-52-60(51)64(48)49-35-36-56-59(45-27-14-17-31-54(45)69-56)62(49)67(52)41-23-10-5-11-24-41/h3-38H,1-2H3. The van der Waals surface area contributed by atoms with Gasteiger partial charge in [0.2, 0.25) is 0 Å². The topological polar surface area (TPSA) is 9.72 Å². The Morgan fingerprint density at radius 2 is 0.971 bits per heavy atom. The Kier molecular flexibility index (Phi) is 8.26. The van der Waals surface area contributed by atoms with Crippen LogP contribution >= 0.6 is 22.7 Å². The fraction of sp³-hybridized carbons (Fsp3) is 0.0476. The minimum Gasteiger partial charge on any atom is -0.311 e. The van der Waals surface area contributed by atoms with Crippen molar-refractivity contribution in [2.75, 3.05) is 14.7 Å². The second kappa shape index (κ2) is 14.6. The SMILES string of the molecule is CC1(C)c2ccccc2-c2c1ccc1c2N(c2ccccc2)c2cc(N(c3ccccc3)c3cccc4sc5ccccc5c34)cc3c2B1c1ccc2sc4ccccc4c2c1N3c1ccccc1. The Hall–Kier alpha value is -7.90. The molecule has 12 aromatic rings. The van der Waals surface area contributed by atoms with E-state index in [0.717, 1.165) is 28.4 Å². The maximum atomic E-state index is 2.63. The van der Waals surface area contributed by atoms with Crippen molar-refractivity contribution in [3.8, 4) is 11.1 Å². The molecule has 0 saturated heterocycles. The molecule has 0 fully saturated rings. The van der Waals surface area contributed by atoms with Gasteiger partial charge >= 0.3 is 0 Å². The molecule has 0 radical (unpaired) electrons. The first-order chi connectivity index (χ1) is 34.0. The highest BCUT2D eigenvalue weighted by atomic mass is 32.1. The molecule has 69 heavy (non-hydrogen) atoms. The number of anilines is 9. The van der Waals surface area contributed by atoms with Crippen LogP contribution < -0.4 is 31.1 Å². The van der Waals surface area contributed by atoms with Crippen LogP contribution in [0.1, 0.15) is 25.0 Å². The molecule has 6 heteroatoms. The van der Waals surface area contributed by atoms with Crippen LogP contribution in [0.4, 0.5) is 51.2 Å². The number of nitrogens with zero attached hydrogens (tertiary/aromatic N) is 3.